The number of nitrogens with zero attached hydrogens (tertiary/aromatic N) is 2. The molecule has 3 heterocycles. The predicted molar refractivity (Wildman–Crippen MR) is 107 cm³/mol. The van der Waals surface area contributed by atoms with Crippen molar-refractivity contribution in [3.05, 3.63) is 72.3 Å². The van der Waals surface area contributed by atoms with E-state index in [1.165, 1.54) is 6.26 Å². The van der Waals surface area contributed by atoms with Crippen molar-refractivity contribution < 1.29 is 14.0 Å². The second-order valence-corrected chi connectivity index (χ2v) is 6.53. The minimum atomic E-state index is -0.326. The number of hydrogen-bond donors (Lipinski definition) is 2. The van der Waals surface area contributed by atoms with Gasteiger partial charge in [-0.25, -0.2) is 4.98 Å². The first-order valence-corrected chi connectivity index (χ1v) is 9.17. The lowest BCUT2D eigenvalue weighted by atomic mass is 10.2. The molecule has 1 aliphatic heterocycles. The summed E-state index contributed by atoms with van der Waals surface area (Å²) in [6.45, 7) is 1.84. The molecule has 0 bridgehead atoms. The van der Waals surface area contributed by atoms with Gasteiger partial charge in [0.05, 0.1) is 11.8 Å². The van der Waals surface area contributed by atoms with Crippen molar-refractivity contribution in [3.8, 4) is 0 Å². The number of amides is 2. The number of rotatable bonds is 5. The summed E-state index contributed by atoms with van der Waals surface area (Å²) >= 11 is 0. The third-order valence-corrected chi connectivity index (χ3v) is 4.58. The molecule has 0 radical (unpaired) electrons. The quantitative estimate of drug-likeness (QED) is 0.708. The molecular formula is C21H20N4O3. The van der Waals surface area contributed by atoms with E-state index < -0.39 is 0 Å². The van der Waals surface area contributed by atoms with Crippen LogP contribution in [0.25, 0.3) is 0 Å². The van der Waals surface area contributed by atoms with Crippen LogP contribution in [0, 0.1) is 0 Å². The number of aromatic nitrogens is 1. The first-order chi connectivity index (χ1) is 13.7. The number of carbonyl (C=O) groups is 2. The van der Waals surface area contributed by atoms with Gasteiger partial charge in [-0.15, -0.1) is 0 Å². The second kappa shape index (κ2) is 7.96. The van der Waals surface area contributed by atoms with Crippen molar-refractivity contribution in [3.63, 3.8) is 0 Å². The Balaban J connectivity index is 1.43. The van der Waals surface area contributed by atoms with Crippen LogP contribution in [0.4, 0.5) is 17.2 Å². The van der Waals surface area contributed by atoms with E-state index in [4.69, 9.17) is 4.42 Å². The summed E-state index contributed by atoms with van der Waals surface area (Å²) in [7, 11) is 0. The SMILES string of the molecule is O=C(Nc1ccc(NC(=O)c2cccnc2N2CCCC2)cc1)c1ccco1. The van der Waals surface area contributed by atoms with Crippen LogP contribution in [0.3, 0.4) is 0 Å². The zero-order valence-corrected chi connectivity index (χ0v) is 15.2. The fraction of sp³-hybridized carbons (Fsp3) is 0.190. The average Bonchev–Trinajstić information content (AvgIpc) is 3.43. The molecule has 142 valence electrons. The first kappa shape index (κ1) is 17.8. The number of benzene rings is 1. The summed E-state index contributed by atoms with van der Waals surface area (Å²) in [6.07, 6.45) is 5.38. The highest BCUT2D eigenvalue weighted by Crippen LogP contribution is 2.23. The third-order valence-electron chi connectivity index (χ3n) is 4.58. The van der Waals surface area contributed by atoms with Gasteiger partial charge in [0, 0.05) is 30.7 Å². The highest BCUT2D eigenvalue weighted by atomic mass is 16.3. The molecule has 2 N–H and O–H groups in total. The fourth-order valence-corrected chi connectivity index (χ4v) is 3.19. The molecule has 28 heavy (non-hydrogen) atoms. The molecule has 3 aromatic rings. The van der Waals surface area contributed by atoms with Crippen molar-refractivity contribution in [2.24, 2.45) is 0 Å². The molecule has 1 aliphatic rings. The van der Waals surface area contributed by atoms with E-state index in [0.717, 1.165) is 31.7 Å². The Morgan fingerprint density at radius 1 is 0.893 bits per heavy atom. The number of pyridine rings is 1. The van der Waals surface area contributed by atoms with Gasteiger partial charge in [-0.3, -0.25) is 9.59 Å². The minimum Gasteiger partial charge on any atom is -0.459 e. The zero-order valence-electron chi connectivity index (χ0n) is 15.2. The van der Waals surface area contributed by atoms with Crippen LogP contribution in [0.2, 0.25) is 0 Å². The highest BCUT2D eigenvalue weighted by molar-refractivity contribution is 6.08. The number of carbonyl (C=O) groups excluding carboxylic acids is 2. The Hall–Kier alpha value is -3.61. The Kier molecular flexibility index (Phi) is 5.05. The van der Waals surface area contributed by atoms with Gasteiger partial charge < -0.3 is 20.0 Å². The molecule has 1 saturated heterocycles. The van der Waals surface area contributed by atoms with Crippen LogP contribution in [-0.2, 0) is 0 Å². The van der Waals surface area contributed by atoms with Gasteiger partial charge in [0.25, 0.3) is 11.8 Å². The maximum absolute atomic E-state index is 12.7. The predicted octanol–water partition coefficient (Wildman–Crippen LogP) is 3.78. The Labute approximate surface area is 162 Å². The number of hydrogen-bond acceptors (Lipinski definition) is 5. The standard InChI is InChI=1S/C21H20N4O3/c26-20(17-5-3-11-22-19(17)25-12-1-2-13-25)23-15-7-9-16(10-8-15)24-21(27)18-6-4-14-28-18/h3-11,14H,1-2,12-13H2,(H,23,26)(H,24,27). The molecule has 7 heteroatoms. The average molecular weight is 376 g/mol. The summed E-state index contributed by atoms with van der Waals surface area (Å²) < 4.78 is 5.07. The van der Waals surface area contributed by atoms with Gasteiger partial charge in [-0.1, -0.05) is 0 Å². The minimum absolute atomic E-state index is 0.206. The largest absolute Gasteiger partial charge is 0.459 e. The summed E-state index contributed by atoms with van der Waals surface area (Å²) in [5.74, 6) is 0.429. The lowest BCUT2D eigenvalue weighted by Crippen LogP contribution is -2.24. The summed E-state index contributed by atoms with van der Waals surface area (Å²) in [5, 5.41) is 5.63. The number of furan rings is 1. The molecule has 1 fully saturated rings. The number of anilines is 3. The molecule has 4 rings (SSSR count). The van der Waals surface area contributed by atoms with E-state index in [-0.39, 0.29) is 17.6 Å². The van der Waals surface area contributed by atoms with Crippen LogP contribution in [0.15, 0.2) is 65.4 Å². The van der Waals surface area contributed by atoms with Crippen molar-refractivity contribution >= 4 is 29.0 Å². The monoisotopic (exact) mass is 376 g/mol. The molecule has 0 saturated carbocycles. The molecular weight excluding hydrogens is 356 g/mol. The van der Waals surface area contributed by atoms with Crippen LogP contribution in [0.1, 0.15) is 33.8 Å². The molecule has 1 aromatic carbocycles. The van der Waals surface area contributed by atoms with Crippen LogP contribution in [0.5, 0.6) is 0 Å². The van der Waals surface area contributed by atoms with Crippen LogP contribution in [-0.4, -0.2) is 29.9 Å². The fourth-order valence-electron chi connectivity index (χ4n) is 3.19. The summed E-state index contributed by atoms with van der Waals surface area (Å²) in [5.41, 5.74) is 1.80. The van der Waals surface area contributed by atoms with Crippen LogP contribution >= 0.6 is 0 Å². The van der Waals surface area contributed by atoms with Gasteiger partial charge in [0.2, 0.25) is 0 Å². The molecule has 2 amide bonds. The molecule has 0 atom stereocenters. The lowest BCUT2D eigenvalue weighted by molar-refractivity contribution is 0.0994. The van der Waals surface area contributed by atoms with Gasteiger partial charge in [-0.2, -0.15) is 0 Å². The summed E-state index contributed by atoms with van der Waals surface area (Å²) in [4.78, 5) is 31.3. The van der Waals surface area contributed by atoms with E-state index in [1.807, 2.05) is 0 Å². The second-order valence-electron chi connectivity index (χ2n) is 6.53. The molecule has 0 aliphatic carbocycles. The van der Waals surface area contributed by atoms with Gasteiger partial charge in [-0.05, 0) is 61.4 Å². The Bertz CT molecular complexity index is 962. The van der Waals surface area contributed by atoms with E-state index in [1.54, 1.807) is 54.7 Å². The zero-order chi connectivity index (χ0) is 19.3. The summed E-state index contributed by atoms with van der Waals surface area (Å²) in [6, 6.07) is 13.7. The van der Waals surface area contributed by atoms with E-state index in [2.05, 4.69) is 20.5 Å². The van der Waals surface area contributed by atoms with E-state index >= 15 is 0 Å². The normalized spacial score (nSPS) is 13.4. The van der Waals surface area contributed by atoms with E-state index in [9.17, 15) is 9.59 Å². The van der Waals surface area contributed by atoms with Crippen molar-refractivity contribution in [2.75, 3.05) is 28.6 Å². The van der Waals surface area contributed by atoms with Crippen molar-refractivity contribution in [1.29, 1.82) is 0 Å². The molecule has 7 nitrogen and oxygen atoms in total. The molecule has 2 aromatic heterocycles. The highest BCUT2D eigenvalue weighted by Gasteiger charge is 2.20. The maximum Gasteiger partial charge on any atom is 0.291 e. The Morgan fingerprint density at radius 3 is 2.21 bits per heavy atom. The van der Waals surface area contributed by atoms with Gasteiger partial charge >= 0.3 is 0 Å². The van der Waals surface area contributed by atoms with Crippen LogP contribution < -0.4 is 15.5 Å². The molecule has 0 unspecified atom stereocenters. The lowest BCUT2D eigenvalue weighted by Gasteiger charge is -2.19. The van der Waals surface area contributed by atoms with Crippen molar-refractivity contribution in [2.45, 2.75) is 12.8 Å². The number of nitrogens with one attached hydrogen (secondary N) is 2. The van der Waals surface area contributed by atoms with E-state index in [0.29, 0.717) is 16.9 Å². The van der Waals surface area contributed by atoms with Crippen molar-refractivity contribution in [1.82, 2.24) is 4.98 Å². The third kappa shape index (κ3) is 3.88. The van der Waals surface area contributed by atoms with Gasteiger partial charge in [0.1, 0.15) is 5.82 Å². The topological polar surface area (TPSA) is 87.5 Å². The smallest absolute Gasteiger partial charge is 0.291 e. The first-order valence-electron chi connectivity index (χ1n) is 9.17. The maximum atomic E-state index is 12.7. The Morgan fingerprint density at radius 2 is 1.57 bits per heavy atom. The molecule has 0 spiro atoms. The van der Waals surface area contributed by atoms with Gasteiger partial charge in [0.15, 0.2) is 5.76 Å².